The van der Waals surface area contributed by atoms with Crippen molar-refractivity contribution in [2.24, 2.45) is 0 Å². The molecule has 1 heterocycles. The van der Waals surface area contributed by atoms with Crippen molar-refractivity contribution in [1.29, 1.82) is 0 Å². The molecule has 0 aliphatic rings. The van der Waals surface area contributed by atoms with E-state index < -0.39 is 6.10 Å². The number of hydrogen-bond acceptors (Lipinski definition) is 5. The fourth-order valence-electron chi connectivity index (χ4n) is 2.55. The van der Waals surface area contributed by atoms with Crippen LogP contribution in [0, 0.1) is 0 Å². The Balaban J connectivity index is 1.70. The molecule has 6 nitrogen and oxygen atoms in total. The fraction of sp³-hybridized carbons (Fsp3) is 0.278. The van der Waals surface area contributed by atoms with Crippen molar-refractivity contribution >= 4 is 28.6 Å². The van der Waals surface area contributed by atoms with Gasteiger partial charge in [-0.2, -0.15) is 0 Å². The quantitative estimate of drug-likeness (QED) is 0.574. The van der Waals surface area contributed by atoms with E-state index in [-0.39, 0.29) is 13.2 Å². The van der Waals surface area contributed by atoms with Gasteiger partial charge in [-0.1, -0.05) is 23.7 Å². The molecule has 0 saturated heterocycles. The Morgan fingerprint density at radius 3 is 2.68 bits per heavy atom. The first-order valence-corrected chi connectivity index (χ1v) is 8.41. The van der Waals surface area contributed by atoms with Crippen molar-refractivity contribution in [3.05, 3.63) is 53.6 Å². The van der Waals surface area contributed by atoms with E-state index in [1.807, 2.05) is 28.8 Å². The molecule has 3 aromatic rings. The number of anilines is 1. The Labute approximate surface area is 150 Å². The molecule has 1 aromatic heterocycles. The van der Waals surface area contributed by atoms with Crippen LogP contribution in [0.5, 0.6) is 5.75 Å². The lowest BCUT2D eigenvalue weighted by Crippen LogP contribution is -2.24. The fourth-order valence-corrected chi connectivity index (χ4v) is 2.68. The standard InChI is InChI=1S/C18H20ClN3O3/c19-13-5-7-15(8-6-13)25-12-14(24)11-22-17-4-2-1-3-16(17)21-18(22)20-9-10-23/h1-8,14,23-24H,9-12H2,(H,20,21)/t14-/m0/s1. The summed E-state index contributed by atoms with van der Waals surface area (Å²) >= 11 is 5.84. The van der Waals surface area contributed by atoms with Gasteiger partial charge in [0.1, 0.15) is 18.5 Å². The van der Waals surface area contributed by atoms with Crippen molar-refractivity contribution in [3.8, 4) is 5.75 Å². The van der Waals surface area contributed by atoms with Crippen molar-refractivity contribution in [2.75, 3.05) is 25.1 Å². The van der Waals surface area contributed by atoms with Gasteiger partial charge in [-0.05, 0) is 36.4 Å². The first kappa shape index (κ1) is 17.5. The molecule has 0 radical (unpaired) electrons. The van der Waals surface area contributed by atoms with Crippen LogP contribution in [0.25, 0.3) is 11.0 Å². The molecule has 1 atom stereocenters. The SMILES string of the molecule is OCCNc1nc2ccccc2n1C[C@H](O)COc1ccc(Cl)cc1. The molecule has 0 aliphatic heterocycles. The highest BCUT2D eigenvalue weighted by Crippen LogP contribution is 2.20. The molecule has 0 aliphatic carbocycles. The molecule has 132 valence electrons. The van der Waals surface area contributed by atoms with Crippen LogP contribution in [0.3, 0.4) is 0 Å². The molecular weight excluding hydrogens is 342 g/mol. The lowest BCUT2D eigenvalue weighted by Gasteiger charge is -2.16. The highest BCUT2D eigenvalue weighted by Gasteiger charge is 2.14. The average molecular weight is 362 g/mol. The third-order valence-electron chi connectivity index (χ3n) is 3.70. The number of nitrogens with zero attached hydrogens (tertiary/aromatic N) is 2. The smallest absolute Gasteiger partial charge is 0.204 e. The molecule has 0 amide bonds. The maximum atomic E-state index is 10.4. The van der Waals surface area contributed by atoms with Crippen molar-refractivity contribution in [2.45, 2.75) is 12.6 Å². The Bertz CT molecular complexity index is 820. The van der Waals surface area contributed by atoms with Gasteiger partial charge in [0, 0.05) is 11.6 Å². The van der Waals surface area contributed by atoms with E-state index in [0.29, 0.717) is 29.8 Å². The van der Waals surface area contributed by atoms with E-state index in [4.69, 9.17) is 21.4 Å². The predicted molar refractivity (Wildman–Crippen MR) is 98.3 cm³/mol. The molecule has 25 heavy (non-hydrogen) atoms. The zero-order chi connectivity index (χ0) is 17.6. The highest BCUT2D eigenvalue weighted by atomic mass is 35.5. The van der Waals surface area contributed by atoms with Gasteiger partial charge in [0.25, 0.3) is 0 Å². The zero-order valence-corrected chi connectivity index (χ0v) is 14.4. The van der Waals surface area contributed by atoms with Crippen molar-refractivity contribution < 1.29 is 14.9 Å². The summed E-state index contributed by atoms with van der Waals surface area (Å²) in [5.74, 6) is 1.26. The second-order valence-corrected chi connectivity index (χ2v) is 6.04. The minimum absolute atomic E-state index is 0.00539. The molecule has 0 bridgehead atoms. The van der Waals surface area contributed by atoms with Gasteiger partial charge in [-0.25, -0.2) is 4.98 Å². The Morgan fingerprint density at radius 2 is 1.92 bits per heavy atom. The zero-order valence-electron chi connectivity index (χ0n) is 13.6. The van der Waals surface area contributed by atoms with Crippen LogP contribution in [0.4, 0.5) is 5.95 Å². The molecule has 0 unspecified atom stereocenters. The number of halogens is 1. The van der Waals surface area contributed by atoms with Gasteiger partial charge in [0.05, 0.1) is 24.2 Å². The third kappa shape index (κ3) is 4.42. The summed E-state index contributed by atoms with van der Waals surface area (Å²) in [6.07, 6.45) is -0.719. The molecule has 0 spiro atoms. The number of aliphatic hydroxyl groups excluding tert-OH is 2. The van der Waals surface area contributed by atoms with Crippen LogP contribution in [0.2, 0.25) is 5.02 Å². The van der Waals surface area contributed by atoms with E-state index in [0.717, 1.165) is 11.0 Å². The highest BCUT2D eigenvalue weighted by molar-refractivity contribution is 6.30. The first-order valence-electron chi connectivity index (χ1n) is 8.04. The summed E-state index contributed by atoms with van der Waals surface area (Å²) in [5.41, 5.74) is 1.74. The third-order valence-corrected chi connectivity index (χ3v) is 3.95. The Kier molecular flexibility index (Phi) is 5.75. The summed E-state index contributed by atoms with van der Waals surface area (Å²) < 4.78 is 7.49. The van der Waals surface area contributed by atoms with Crippen molar-refractivity contribution in [1.82, 2.24) is 9.55 Å². The number of nitrogens with one attached hydrogen (secondary N) is 1. The maximum absolute atomic E-state index is 10.4. The van der Waals surface area contributed by atoms with E-state index in [9.17, 15) is 5.11 Å². The predicted octanol–water partition coefficient (Wildman–Crippen LogP) is 2.53. The summed E-state index contributed by atoms with van der Waals surface area (Å²) in [7, 11) is 0. The van der Waals surface area contributed by atoms with Crippen LogP contribution in [0.15, 0.2) is 48.5 Å². The number of aliphatic hydroxyl groups is 2. The molecular formula is C18H20ClN3O3. The number of benzene rings is 2. The summed E-state index contributed by atoms with van der Waals surface area (Å²) in [4.78, 5) is 4.51. The van der Waals surface area contributed by atoms with Crippen LogP contribution in [-0.4, -0.2) is 45.6 Å². The average Bonchev–Trinajstić information content (AvgIpc) is 2.97. The van der Waals surface area contributed by atoms with Gasteiger partial charge in [-0.15, -0.1) is 0 Å². The number of hydrogen-bond donors (Lipinski definition) is 3. The van der Waals surface area contributed by atoms with Crippen LogP contribution in [0.1, 0.15) is 0 Å². The van der Waals surface area contributed by atoms with Crippen LogP contribution >= 0.6 is 11.6 Å². The van der Waals surface area contributed by atoms with Gasteiger partial charge >= 0.3 is 0 Å². The van der Waals surface area contributed by atoms with E-state index >= 15 is 0 Å². The lowest BCUT2D eigenvalue weighted by atomic mass is 10.3. The first-order chi connectivity index (χ1) is 12.2. The molecule has 2 aromatic carbocycles. The Hall–Kier alpha value is -2.28. The molecule has 3 rings (SSSR count). The van der Waals surface area contributed by atoms with Gasteiger partial charge < -0.3 is 24.8 Å². The maximum Gasteiger partial charge on any atom is 0.204 e. The summed E-state index contributed by atoms with van der Waals surface area (Å²) in [6, 6.07) is 14.7. The lowest BCUT2D eigenvalue weighted by molar-refractivity contribution is 0.0938. The number of imidazole rings is 1. The summed E-state index contributed by atoms with van der Waals surface area (Å²) in [5, 5.41) is 23.1. The number of ether oxygens (including phenoxy) is 1. The second kappa shape index (κ2) is 8.20. The van der Waals surface area contributed by atoms with Crippen LogP contribution in [-0.2, 0) is 6.54 Å². The summed E-state index contributed by atoms with van der Waals surface area (Å²) in [6.45, 7) is 0.863. The van der Waals surface area contributed by atoms with E-state index in [1.165, 1.54) is 0 Å². The number of rotatable bonds is 8. The minimum atomic E-state index is -0.719. The topological polar surface area (TPSA) is 79.5 Å². The molecule has 0 saturated carbocycles. The number of fused-ring (bicyclic) bond motifs is 1. The minimum Gasteiger partial charge on any atom is -0.491 e. The van der Waals surface area contributed by atoms with E-state index in [1.54, 1.807) is 24.3 Å². The largest absolute Gasteiger partial charge is 0.491 e. The second-order valence-electron chi connectivity index (χ2n) is 5.60. The van der Waals surface area contributed by atoms with E-state index in [2.05, 4.69) is 10.3 Å². The number of aromatic nitrogens is 2. The van der Waals surface area contributed by atoms with Gasteiger partial charge in [0.2, 0.25) is 5.95 Å². The molecule has 3 N–H and O–H groups in total. The monoisotopic (exact) mass is 361 g/mol. The molecule has 7 heteroatoms. The van der Waals surface area contributed by atoms with Gasteiger partial charge in [-0.3, -0.25) is 0 Å². The molecule has 0 fully saturated rings. The normalized spacial score (nSPS) is 12.3. The van der Waals surface area contributed by atoms with Crippen LogP contribution < -0.4 is 10.1 Å². The Morgan fingerprint density at radius 1 is 1.16 bits per heavy atom. The van der Waals surface area contributed by atoms with Gasteiger partial charge in [0.15, 0.2) is 0 Å². The van der Waals surface area contributed by atoms with Crippen molar-refractivity contribution in [3.63, 3.8) is 0 Å². The number of para-hydroxylation sites is 2.